The second-order valence-electron chi connectivity index (χ2n) is 3.05. The number of likely N-dealkylation sites (N-methyl/N-ethyl adjacent to an activating group) is 1. The summed E-state index contributed by atoms with van der Waals surface area (Å²) in [5.41, 5.74) is 0. The van der Waals surface area contributed by atoms with Crippen LogP contribution in [0.1, 0.15) is 0 Å². The third-order valence-corrected chi connectivity index (χ3v) is 3.64. The molecule has 0 aliphatic rings. The van der Waals surface area contributed by atoms with Crippen molar-refractivity contribution in [2.24, 2.45) is 0 Å². The Morgan fingerprint density at radius 1 is 1.38 bits per heavy atom. The van der Waals surface area contributed by atoms with Crippen LogP contribution in [0.25, 0.3) is 0 Å². The molecule has 7 heteroatoms. The smallest absolute Gasteiger partial charge is 0.243 e. The van der Waals surface area contributed by atoms with Gasteiger partial charge in [-0.2, -0.15) is 0 Å². The summed E-state index contributed by atoms with van der Waals surface area (Å²) in [7, 11) is -2.15. The second kappa shape index (κ2) is 5.58. The van der Waals surface area contributed by atoms with Crippen molar-refractivity contribution in [3.63, 3.8) is 0 Å². The fourth-order valence-electron chi connectivity index (χ4n) is 1.08. The molecule has 16 heavy (non-hydrogen) atoms. The topological polar surface area (TPSA) is 58.2 Å². The van der Waals surface area contributed by atoms with Gasteiger partial charge in [-0.15, -0.1) is 0 Å². The zero-order valence-corrected chi connectivity index (χ0v) is 10.2. The Morgan fingerprint density at radius 3 is 2.69 bits per heavy atom. The van der Waals surface area contributed by atoms with E-state index < -0.39 is 20.7 Å². The number of hydrogen-bond acceptors (Lipinski definition) is 3. The number of hydrogen-bond donors (Lipinski definition) is 2. The molecule has 0 aromatic heterocycles. The fourth-order valence-corrected chi connectivity index (χ4v) is 2.44. The second-order valence-corrected chi connectivity index (χ2v) is 5.20. The lowest BCUT2D eigenvalue weighted by molar-refractivity contribution is 0.556. The predicted octanol–water partition coefficient (Wildman–Crippen LogP) is 0.977. The first kappa shape index (κ1) is 13.4. The molecule has 0 saturated carbocycles. The number of benzene rings is 1. The maximum atomic E-state index is 13.4. The molecular formula is C9H12ClFN2O2S. The van der Waals surface area contributed by atoms with E-state index in [1.54, 1.807) is 7.05 Å². The minimum atomic E-state index is -3.84. The van der Waals surface area contributed by atoms with Gasteiger partial charge in [0.05, 0.1) is 5.02 Å². The first-order chi connectivity index (χ1) is 7.49. The molecule has 0 unspecified atom stereocenters. The van der Waals surface area contributed by atoms with Gasteiger partial charge in [0.25, 0.3) is 0 Å². The monoisotopic (exact) mass is 266 g/mol. The van der Waals surface area contributed by atoms with Gasteiger partial charge in [0.15, 0.2) is 5.82 Å². The van der Waals surface area contributed by atoms with Crippen LogP contribution in [0.3, 0.4) is 0 Å². The SMILES string of the molecule is CNCCNS(=O)(=O)c1cccc(Cl)c1F. The molecule has 90 valence electrons. The van der Waals surface area contributed by atoms with Gasteiger partial charge in [0, 0.05) is 13.1 Å². The average Bonchev–Trinajstić information content (AvgIpc) is 2.22. The zero-order valence-electron chi connectivity index (χ0n) is 8.63. The van der Waals surface area contributed by atoms with Crippen LogP contribution in [0.5, 0.6) is 0 Å². The number of rotatable bonds is 5. The number of nitrogens with one attached hydrogen (secondary N) is 2. The summed E-state index contributed by atoms with van der Waals surface area (Å²) in [6, 6.07) is 3.85. The molecule has 0 saturated heterocycles. The molecule has 0 spiro atoms. The highest BCUT2D eigenvalue weighted by molar-refractivity contribution is 7.89. The van der Waals surface area contributed by atoms with Gasteiger partial charge >= 0.3 is 0 Å². The van der Waals surface area contributed by atoms with Gasteiger partial charge in [0.1, 0.15) is 4.90 Å². The van der Waals surface area contributed by atoms with E-state index >= 15 is 0 Å². The van der Waals surface area contributed by atoms with Crippen LogP contribution in [-0.2, 0) is 10.0 Å². The van der Waals surface area contributed by atoms with E-state index in [9.17, 15) is 12.8 Å². The molecule has 0 atom stereocenters. The summed E-state index contributed by atoms with van der Waals surface area (Å²) < 4.78 is 39.0. The first-order valence-corrected chi connectivity index (χ1v) is 6.43. The molecule has 1 aromatic rings. The van der Waals surface area contributed by atoms with E-state index in [-0.39, 0.29) is 11.6 Å². The highest BCUT2D eigenvalue weighted by Crippen LogP contribution is 2.21. The van der Waals surface area contributed by atoms with Gasteiger partial charge < -0.3 is 5.32 Å². The van der Waals surface area contributed by atoms with E-state index in [1.807, 2.05) is 0 Å². The summed E-state index contributed by atoms with van der Waals surface area (Å²) in [4.78, 5) is -0.434. The molecule has 0 aliphatic carbocycles. The Morgan fingerprint density at radius 2 is 2.06 bits per heavy atom. The molecule has 1 rings (SSSR count). The Bertz CT molecular complexity index is 465. The summed E-state index contributed by atoms with van der Waals surface area (Å²) in [5.74, 6) is -0.930. The summed E-state index contributed by atoms with van der Waals surface area (Å²) in [5, 5.41) is 2.56. The van der Waals surface area contributed by atoms with E-state index in [4.69, 9.17) is 11.6 Å². The van der Waals surface area contributed by atoms with Gasteiger partial charge in [-0.3, -0.25) is 0 Å². The van der Waals surface area contributed by atoms with E-state index in [0.29, 0.717) is 6.54 Å². The molecule has 0 aliphatic heterocycles. The van der Waals surface area contributed by atoms with Crippen molar-refractivity contribution in [1.82, 2.24) is 10.0 Å². The van der Waals surface area contributed by atoms with Crippen molar-refractivity contribution in [3.05, 3.63) is 29.0 Å². The van der Waals surface area contributed by atoms with Crippen LogP contribution < -0.4 is 10.0 Å². The Hall–Kier alpha value is -0.690. The predicted molar refractivity (Wildman–Crippen MR) is 60.5 cm³/mol. The van der Waals surface area contributed by atoms with Gasteiger partial charge in [-0.05, 0) is 19.2 Å². The molecule has 0 bridgehead atoms. The third kappa shape index (κ3) is 3.15. The normalized spacial score (nSPS) is 11.7. The van der Waals surface area contributed by atoms with Crippen LogP contribution in [0.4, 0.5) is 4.39 Å². The van der Waals surface area contributed by atoms with E-state index in [0.717, 1.165) is 0 Å². The highest BCUT2D eigenvalue weighted by atomic mass is 35.5. The fraction of sp³-hybridized carbons (Fsp3) is 0.333. The minimum Gasteiger partial charge on any atom is -0.318 e. The molecule has 0 fully saturated rings. The van der Waals surface area contributed by atoms with Crippen LogP contribution in [0.15, 0.2) is 23.1 Å². The van der Waals surface area contributed by atoms with Crippen molar-refractivity contribution in [3.8, 4) is 0 Å². The lowest BCUT2D eigenvalue weighted by Crippen LogP contribution is -2.31. The van der Waals surface area contributed by atoms with Crippen molar-refractivity contribution < 1.29 is 12.8 Å². The quantitative estimate of drug-likeness (QED) is 0.781. The van der Waals surface area contributed by atoms with Crippen LogP contribution in [-0.4, -0.2) is 28.6 Å². The maximum absolute atomic E-state index is 13.4. The van der Waals surface area contributed by atoms with Crippen molar-refractivity contribution in [2.45, 2.75) is 4.90 Å². The van der Waals surface area contributed by atoms with Gasteiger partial charge in [-0.25, -0.2) is 17.5 Å². The molecule has 0 radical (unpaired) electrons. The maximum Gasteiger partial charge on any atom is 0.243 e. The van der Waals surface area contributed by atoms with Crippen LogP contribution in [0.2, 0.25) is 5.02 Å². The van der Waals surface area contributed by atoms with Crippen molar-refractivity contribution in [2.75, 3.05) is 20.1 Å². The average molecular weight is 267 g/mol. The number of sulfonamides is 1. The molecule has 4 nitrogen and oxygen atoms in total. The van der Waals surface area contributed by atoms with Crippen LogP contribution in [0, 0.1) is 5.82 Å². The van der Waals surface area contributed by atoms with Crippen molar-refractivity contribution in [1.29, 1.82) is 0 Å². The molecule has 2 N–H and O–H groups in total. The third-order valence-electron chi connectivity index (χ3n) is 1.87. The lowest BCUT2D eigenvalue weighted by atomic mass is 10.3. The van der Waals surface area contributed by atoms with Gasteiger partial charge in [0.2, 0.25) is 10.0 Å². The summed E-state index contributed by atoms with van der Waals surface area (Å²) in [6.45, 7) is 0.645. The molecular weight excluding hydrogens is 255 g/mol. The highest BCUT2D eigenvalue weighted by Gasteiger charge is 2.19. The summed E-state index contributed by atoms with van der Waals surface area (Å²) >= 11 is 5.50. The Labute approximate surface area is 98.9 Å². The standard InChI is InChI=1S/C9H12ClFN2O2S/c1-12-5-6-13-16(14,15)8-4-2-3-7(10)9(8)11/h2-4,12-13H,5-6H2,1H3. The molecule has 0 amide bonds. The zero-order chi connectivity index (χ0) is 12.2. The number of halogens is 2. The minimum absolute atomic E-state index is 0.185. The van der Waals surface area contributed by atoms with Gasteiger partial charge in [-0.1, -0.05) is 17.7 Å². The summed E-state index contributed by atoms with van der Waals surface area (Å²) in [6.07, 6.45) is 0. The lowest BCUT2D eigenvalue weighted by Gasteiger charge is -2.07. The Balaban J connectivity index is 2.94. The van der Waals surface area contributed by atoms with Crippen molar-refractivity contribution >= 4 is 21.6 Å². The molecule has 0 heterocycles. The molecule has 1 aromatic carbocycles. The van der Waals surface area contributed by atoms with Crippen LogP contribution >= 0.6 is 11.6 Å². The largest absolute Gasteiger partial charge is 0.318 e. The first-order valence-electron chi connectivity index (χ1n) is 4.57. The Kier molecular flexibility index (Phi) is 4.67. The van der Waals surface area contributed by atoms with E-state index in [1.165, 1.54) is 18.2 Å². The van der Waals surface area contributed by atoms with E-state index in [2.05, 4.69) is 10.0 Å².